The van der Waals surface area contributed by atoms with E-state index in [1.807, 2.05) is 0 Å². The number of hydrogen-bond acceptors (Lipinski definition) is 2. The predicted octanol–water partition coefficient (Wildman–Crippen LogP) is 3.27. The van der Waals surface area contributed by atoms with Crippen molar-refractivity contribution in [2.45, 2.75) is 75.3 Å². The molecule has 3 heteroatoms. The molecule has 0 bridgehead atoms. The van der Waals surface area contributed by atoms with Gasteiger partial charge in [0.15, 0.2) is 0 Å². The van der Waals surface area contributed by atoms with E-state index >= 15 is 0 Å². The molecule has 2 aliphatic carbocycles. The van der Waals surface area contributed by atoms with Gasteiger partial charge >= 0.3 is 0 Å². The van der Waals surface area contributed by atoms with Crippen LogP contribution < -0.4 is 5.32 Å². The minimum absolute atomic E-state index is 0.160. The highest BCUT2D eigenvalue weighted by Crippen LogP contribution is 2.41. The summed E-state index contributed by atoms with van der Waals surface area (Å²) in [6, 6.07) is 0. The molecule has 3 aliphatic rings. The largest absolute Gasteiger partial charge is 0.308 e. The van der Waals surface area contributed by atoms with Gasteiger partial charge in [-0.2, -0.15) is 0 Å². The Kier molecular flexibility index (Phi) is 4.14. The molecule has 0 radical (unpaired) electrons. The first-order valence-electron chi connectivity index (χ1n) is 8.35. The summed E-state index contributed by atoms with van der Waals surface area (Å²) in [4.78, 5) is 2.69. The Bertz CT molecular complexity index is 293. The molecule has 0 aromatic carbocycles. The number of rotatable bonds is 3. The Hall–Kier alpha value is -0.150. The number of nitrogens with one attached hydrogen (secondary N) is 1. The fourth-order valence-corrected chi connectivity index (χ4v) is 4.71. The molecule has 110 valence electrons. The lowest BCUT2D eigenvalue weighted by Crippen LogP contribution is -2.69. The average molecular weight is 268 g/mol. The Labute approximate surface area is 117 Å². The summed E-state index contributed by atoms with van der Waals surface area (Å²) in [5, 5.41) is 3.93. The Morgan fingerprint density at radius 1 is 0.947 bits per heavy atom. The predicted molar refractivity (Wildman–Crippen MR) is 77.2 cm³/mol. The molecule has 2 spiro atoms. The zero-order valence-corrected chi connectivity index (χ0v) is 12.2. The minimum atomic E-state index is -0.160. The van der Waals surface area contributed by atoms with Gasteiger partial charge in [-0.25, -0.2) is 0 Å². The zero-order valence-electron chi connectivity index (χ0n) is 12.2. The third-order valence-electron chi connectivity index (χ3n) is 5.86. The monoisotopic (exact) mass is 268 g/mol. The summed E-state index contributed by atoms with van der Waals surface area (Å²) in [6.07, 6.45) is 12.9. The van der Waals surface area contributed by atoms with Crippen LogP contribution in [-0.2, 0) is 0 Å². The molecule has 2 nitrogen and oxygen atoms in total. The van der Waals surface area contributed by atoms with E-state index in [2.05, 4.69) is 10.2 Å². The van der Waals surface area contributed by atoms with Crippen LogP contribution in [0.2, 0.25) is 0 Å². The third-order valence-corrected chi connectivity index (χ3v) is 5.86. The van der Waals surface area contributed by atoms with Gasteiger partial charge in [0.2, 0.25) is 0 Å². The molecule has 0 unspecified atom stereocenters. The highest BCUT2D eigenvalue weighted by Gasteiger charge is 2.48. The highest BCUT2D eigenvalue weighted by molar-refractivity contribution is 5.07. The van der Waals surface area contributed by atoms with E-state index in [9.17, 15) is 4.39 Å². The average Bonchev–Trinajstić information content (AvgIpc) is 2.90. The van der Waals surface area contributed by atoms with Crippen LogP contribution >= 0.6 is 0 Å². The molecule has 0 aromatic heterocycles. The van der Waals surface area contributed by atoms with Crippen molar-refractivity contribution in [1.82, 2.24) is 10.2 Å². The summed E-state index contributed by atoms with van der Waals surface area (Å²) in [6.45, 7) is 3.14. The summed E-state index contributed by atoms with van der Waals surface area (Å²) < 4.78 is 12.6. The quantitative estimate of drug-likeness (QED) is 0.845. The fraction of sp³-hybridized carbons (Fsp3) is 1.00. The third kappa shape index (κ3) is 2.69. The lowest BCUT2D eigenvalue weighted by Gasteiger charge is -2.55. The first-order chi connectivity index (χ1) is 9.29. The number of piperazine rings is 1. The van der Waals surface area contributed by atoms with E-state index in [0.29, 0.717) is 11.1 Å². The minimum Gasteiger partial charge on any atom is -0.308 e. The molecule has 2 saturated carbocycles. The lowest BCUT2D eigenvalue weighted by molar-refractivity contribution is -0.0191. The van der Waals surface area contributed by atoms with Gasteiger partial charge in [0.25, 0.3) is 0 Å². The smallest absolute Gasteiger partial charge is 0.0906 e. The molecule has 0 atom stereocenters. The summed E-state index contributed by atoms with van der Waals surface area (Å²) in [5.74, 6) is 0. The van der Waals surface area contributed by atoms with Crippen LogP contribution in [-0.4, -0.2) is 42.3 Å². The maximum absolute atomic E-state index is 12.6. The van der Waals surface area contributed by atoms with Gasteiger partial charge in [0.1, 0.15) is 0 Å². The molecule has 19 heavy (non-hydrogen) atoms. The van der Waals surface area contributed by atoms with E-state index in [1.165, 1.54) is 64.3 Å². The second-order valence-electron chi connectivity index (χ2n) is 7.09. The van der Waals surface area contributed by atoms with Gasteiger partial charge in [-0.3, -0.25) is 9.29 Å². The van der Waals surface area contributed by atoms with Crippen LogP contribution in [0.25, 0.3) is 0 Å². The topological polar surface area (TPSA) is 15.3 Å². The normalized spacial score (nSPS) is 30.2. The van der Waals surface area contributed by atoms with Crippen molar-refractivity contribution < 1.29 is 4.39 Å². The summed E-state index contributed by atoms with van der Waals surface area (Å²) in [5.41, 5.74) is 0.736. The van der Waals surface area contributed by atoms with Gasteiger partial charge in [-0.1, -0.05) is 32.1 Å². The molecule has 3 fully saturated rings. The van der Waals surface area contributed by atoms with Crippen molar-refractivity contribution in [3.63, 3.8) is 0 Å². The number of hydrogen-bond donors (Lipinski definition) is 1. The Balaban J connectivity index is 1.73. The fourth-order valence-electron chi connectivity index (χ4n) is 4.71. The van der Waals surface area contributed by atoms with Gasteiger partial charge in [-0.15, -0.1) is 0 Å². The molecular formula is C16H29FN2. The first kappa shape index (κ1) is 13.8. The maximum atomic E-state index is 12.6. The van der Waals surface area contributed by atoms with E-state index in [-0.39, 0.29) is 6.67 Å². The Morgan fingerprint density at radius 2 is 1.63 bits per heavy atom. The molecule has 3 rings (SSSR count). The zero-order chi connectivity index (χ0) is 13.2. The van der Waals surface area contributed by atoms with Crippen LogP contribution in [0.4, 0.5) is 4.39 Å². The van der Waals surface area contributed by atoms with Crippen molar-refractivity contribution in [3.05, 3.63) is 0 Å². The molecule has 1 saturated heterocycles. The summed E-state index contributed by atoms with van der Waals surface area (Å²) in [7, 11) is 0. The molecule has 1 N–H and O–H groups in total. The van der Waals surface area contributed by atoms with Gasteiger partial charge < -0.3 is 5.32 Å². The molecule has 1 heterocycles. The van der Waals surface area contributed by atoms with E-state index in [1.54, 1.807) is 0 Å². The molecule has 0 amide bonds. The van der Waals surface area contributed by atoms with Crippen molar-refractivity contribution in [2.24, 2.45) is 0 Å². The Morgan fingerprint density at radius 3 is 2.32 bits per heavy atom. The first-order valence-corrected chi connectivity index (χ1v) is 8.35. The van der Waals surface area contributed by atoms with Crippen molar-refractivity contribution in [2.75, 3.05) is 26.3 Å². The van der Waals surface area contributed by atoms with Crippen LogP contribution in [0, 0.1) is 0 Å². The van der Waals surface area contributed by atoms with E-state index < -0.39 is 0 Å². The number of alkyl halides is 1. The number of halogens is 1. The van der Waals surface area contributed by atoms with Crippen molar-refractivity contribution in [3.8, 4) is 0 Å². The number of nitrogens with zero attached hydrogens (tertiary/aromatic N) is 1. The van der Waals surface area contributed by atoms with Crippen LogP contribution in [0.3, 0.4) is 0 Å². The van der Waals surface area contributed by atoms with E-state index in [0.717, 1.165) is 19.5 Å². The van der Waals surface area contributed by atoms with Crippen LogP contribution in [0.5, 0.6) is 0 Å². The summed E-state index contributed by atoms with van der Waals surface area (Å²) >= 11 is 0. The lowest BCUT2D eigenvalue weighted by atomic mass is 9.76. The van der Waals surface area contributed by atoms with Gasteiger partial charge in [0.05, 0.1) is 6.67 Å². The standard InChI is InChI=1S/C16H29FN2/c17-11-6-12-19-14-15(7-4-5-8-15)18-13-16(19)9-2-1-3-10-16/h18H,1-14H2. The van der Waals surface area contributed by atoms with Crippen LogP contribution in [0.1, 0.15) is 64.2 Å². The molecule has 1 aliphatic heterocycles. The second kappa shape index (κ2) is 5.69. The molecule has 0 aromatic rings. The molecular weight excluding hydrogens is 239 g/mol. The van der Waals surface area contributed by atoms with Gasteiger partial charge in [0, 0.05) is 30.7 Å². The van der Waals surface area contributed by atoms with Crippen molar-refractivity contribution >= 4 is 0 Å². The van der Waals surface area contributed by atoms with E-state index in [4.69, 9.17) is 0 Å². The second-order valence-corrected chi connectivity index (χ2v) is 7.09. The van der Waals surface area contributed by atoms with Crippen molar-refractivity contribution in [1.29, 1.82) is 0 Å². The highest BCUT2D eigenvalue weighted by atomic mass is 19.1. The van der Waals surface area contributed by atoms with Gasteiger partial charge in [-0.05, 0) is 32.1 Å². The SMILES string of the molecule is FCCCN1CC2(CCCC2)NCC12CCCCC2. The maximum Gasteiger partial charge on any atom is 0.0906 e. The van der Waals surface area contributed by atoms with Crippen LogP contribution in [0.15, 0.2) is 0 Å².